The Morgan fingerprint density at radius 3 is 2.75 bits per heavy atom. The number of hydrogen-bond acceptors (Lipinski definition) is 4. The summed E-state index contributed by atoms with van der Waals surface area (Å²) >= 11 is 18.7. The summed E-state index contributed by atoms with van der Waals surface area (Å²) in [5.41, 5.74) is 1.71. The van der Waals surface area contributed by atoms with Crippen LogP contribution in [0.15, 0.2) is 53.7 Å². The Labute approximate surface area is 158 Å². The summed E-state index contributed by atoms with van der Waals surface area (Å²) in [7, 11) is 0. The van der Waals surface area contributed by atoms with E-state index < -0.39 is 0 Å². The Balaban J connectivity index is 1.65. The second-order valence-electron chi connectivity index (χ2n) is 4.85. The molecule has 0 fully saturated rings. The third-order valence-corrected chi connectivity index (χ3v) is 5.35. The third-order valence-electron chi connectivity index (χ3n) is 3.23. The second kappa shape index (κ2) is 7.53. The van der Waals surface area contributed by atoms with Crippen LogP contribution in [0.1, 0.15) is 10.9 Å². The molecule has 0 aliphatic carbocycles. The molecule has 3 rings (SSSR count). The van der Waals surface area contributed by atoms with Crippen molar-refractivity contribution in [3.63, 3.8) is 0 Å². The molecule has 2 heterocycles. The van der Waals surface area contributed by atoms with E-state index in [2.05, 4.69) is 15.6 Å². The van der Waals surface area contributed by atoms with Crippen molar-refractivity contribution in [1.29, 1.82) is 0 Å². The zero-order valence-electron chi connectivity index (χ0n) is 12.1. The Hall–Kier alpha value is -1.60. The molecule has 122 valence electrons. The summed E-state index contributed by atoms with van der Waals surface area (Å²) < 4.78 is 0. The van der Waals surface area contributed by atoms with E-state index in [4.69, 9.17) is 35.4 Å². The number of thiocarbonyl (C=S) groups is 1. The molecule has 0 spiro atoms. The molecule has 1 aromatic heterocycles. The highest BCUT2D eigenvalue weighted by Crippen LogP contribution is 2.37. The minimum atomic E-state index is -0.355. The minimum absolute atomic E-state index is 0.0694. The number of aromatic nitrogens is 1. The predicted octanol–water partition coefficient (Wildman–Crippen LogP) is 4.57. The lowest BCUT2D eigenvalue weighted by molar-refractivity contribution is -0.115. The van der Waals surface area contributed by atoms with Crippen LogP contribution in [-0.2, 0) is 4.79 Å². The Morgan fingerprint density at radius 2 is 2.00 bits per heavy atom. The summed E-state index contributed by atoms with van der Waals surface area (Å²) in [6.07, 6.45) is 1.67. The monoisotopic (exact) mass is 395 g/mol. The van der Waals surface area contributed by atoms with Gasteiger partial charge >= 0.3 is 0 Å². The fraction of sp³-hybridized carbons (Fsp3) is 0.0625. The number of benzene rings is 1. The first-order valence-corrected chi connectivity index (χ1v) is 9.00. The van der Waals surface area contributed by atoms with E-state index in [0.29, 0.717) is 21.4 Å². The first-order chi connectivity index (χ1) is 11.6. The molecule has 0 saturated carbocycles. The Kier molecular flexibility index (Phi) is 5.40. The van der Waals surface area contributed by atoms with Crippen molar-refractivity contribution in [3.8, 4) is 0 Å². The number of carbonyl (C=O) groups excluding carboxylic acids is 1. The lowest BCUT2D eigenvalue weighted by atomic mass is 10.1. The van der Waals surface area contributed by atoms with Crippen molar-refractivity contribution in [2.24, 2.45) is 0 Å². The van der Waals surface area contributed by atoms with E-state index in [-0.39, 0.29) is 16.1 Å². The van der Waals surface area contributed by atoms with E-state index >= 15 is 0 Å². The molecule has 4 nitrogen and oxygen atoms in total. The number of pyridine rings is 1. The predicted molar refractivity (Wildman–Crippen MR) is 103 cm³/mol. The van der Waals surface area contributed by atoms with Crippen LogP contribution in [0.3, 0.4) is 0 Å². The van der Waals surface area contributed by atoms with E-state index in [0.717, 1.165) is 5.69 Å². The second-order valence-corrected chi connectivity index (χ2v) is 7.02. The molecule has 0 amide bonds. The van der Waals surface area contributed by atoms with Crippen molar-refractivity contribution in [2.45, 2.75) is 5.25 Å². The zero-order chi connectivity index (χ0) is 17.1. The number of allylic oxidation sites excluding steroid dienone is 1. The molecule has 24 heavy (non-hydrogen) atoms. The van der Waals surface area contributed by atoms with Crippen LogP contribution >= 0.6 is 47.2 Å². The summed E-state index contributed by atoms with van der Waals surface area (Å²) in [4.78, 5) is 16.7. The average Bonchev–Trinajstić information content (AvgIpc) is 2.93. The molecule has 8 heteroatoms. The van der Waals surface area contributed by atoms with Gasteiger partial charge in [0.1, 0.15) is 5.25 Å². The van der Waals surface area contributed by atoms with Gasteiger partial charge in [-0.25, -0.2) is 0 Å². The average molecular weight is 396 g/mol. The molecule has 1 atom stereocenters. The summed E-state index contributed by atoms with van der Waals surface area (Å²) in [6.45, 7) is 0. The number of hydrogen-bond donors (Lipinski definition) is 2. The molecular weight excluding hydrogens is 385 g/mol. The van der Waals surface area contributed by atoms with Gasteiger partial charge < -0.3 is 10.6 Å². The van der Waals surface area contributed by atoms with Crippen molar-refractivity contribution in [1.82, 2.24) is 10.3 Å². The highest BCUT2D eigenvalue weighted by molar-refractivity contribution is 8.03. The van der Waals surface area contributed by atoms with Gasteiger partial charge in [0.2, 0.25) is 0 Å². The lowest BCUT2D eigenvalue weighted by Gasteiger charge is -2.13. The Morgan fingerprint density at radius 1 is 1.17 bits per heavy atom. The normalized spacial score (nSPS) is 16.7. The van der Waals surface area contributed by atoms with Crippen LogP contribution in [0.5, 0.6) is 0 Å². The van der Waals surface area contributed by atoms with Gasteiger partial charge in [0.25, 0.3) is 0 Å². The van der Waals surface area contributed by atoms with E-state index in [1.807, 2.05) is 18.2 Å². The molecule has 1 aliphatic rings. The SMILES string of the molecule is O=C1C(NC(=S)Nc2cccc(Cl)c2Cl)=CSC1c1ccccn1. The van der Waals surface area contributed by atoms with E-state index in [9.17, 15) is 4.79 Å². The van der Waals surface area contributed by atoms with Gasteiger partial charge in [-0.15, -0.1) is 11.8 Å². The molecule has 1 unspecified atom stereocenters. The maximum Gasteiger partial charge on any atom is 0.198 e. The van der Waals surface area contributed by atoms with Crippen LogP contribution in [0.2, 0.25) is 10.0 Å². The summed E-state index contributed by atoms with van der Waals surface area (Å²) in [5.74, 6) is -0.0694. The molecule has 0 radical (unpaired) electrons. The largest absolute Gasteiger partial charge is 0.331 e. The molecule has 0 saturated heterocycles. The highest BCUT2D eigenvalue weighted by atomic mass is 35.5. The summed E-state index contributed by atoms with van der Waals surface area (Å²) in [6, 6.07) is 10.7. The van der Waals surface area contributed by atoms with Gasteiger partial charge in [0, 0.05) is 6.20 Å². The highest BCUT2D eigenvalue weighted by Gasteiger charge is 2.31. The maximum atomic E-state index is 12.5. The van der Waals surface area contributed by atoms with Gasteiger partial charge in [0.05, 0.1) is 27.1 Å². The third kappa shape index (κ3) is 3.72. The number of Topliss-reactive ketones (excluding diaryl/α,β-unsaturated/α-hetero) is 1. The number of thioether (sulfide) groups is 1. The van der Waals surface area contributed by atoms with Crippen LogP contribution in [-0.4, -0.2) is 15.9 Å². The molecule has 2 aromatic rings. The number of nitrogens with one attached hydrogen (secondary N) is 2. The van der Waals surface area contributed by atoms with Gasteiger partial charge in [0.15, 0.2) is 10.9 Å². The van der Waals surface area contributed by atoms with Crippen molar-refractivity contribution >= 4 is 63.8 Å². The van der Waals surface area contributed by atoms with Crippen molar-refractivity contribution in [3.05, 3.63) is 69.4 Å². The van der Waals surface area contributed by atoms with Crippen LogP contribution < -0.4 is 10.6 Å². The number of carbonyl (C=O) groups is 1. The zero-order valence-corrected chi connectivity index (χ0v) is 15.3. The fourth-order valence-corrected chi connectivity index (χ4v) is 3.64. The van der Waals surface area contributed by atoms with Gasteiger partial charge in [-0.3, -0.25) is 9.78 Å². The molecule has 1 aromatic carbocycles. The molecular formula is C16H11Cl2N3OS2. The smallest absolute Gasteiger partial charge is 0.198 e. The maximum absolute atomic E-state index is 12.5. The number of nitrogens with zero attached hydrogens (tertiary/aromatic N) is 1. The topological polar surface area (TPSA) is 54.0 Å². The standard InChI is InChI=1S/C16H11Cl2N3OS2/c17-9-4-3-6-10(13(9)18)20-16(23)21-12-8-24-15(14(12)22)11-5-1-2-7-19-11/h1-8,15H,(H2,20,21,23). The Bertz CT molecular complexity index is 827. The minimum Gasteiger partial charge on any atom is -0.331 e. The van der Waals surface area contributed by atoms with Crippen LogP contribution in [0, 0.1) is 0 Å². The first kappa shape index (κ1) is 17.2. The number of anilines is 1. The number of rotatable bonds is 3. The van der Waals surface area contributed by atoms with Gasteiger partial charge in [-0.05, 0) is 41.9 Å². The fourth-order valence-electron chi connectivity index (χ4n) is 2.10. The summed E-state index contributed by atoms with van der Waals surface area (Å²) in [5, 5.41) is 8.29. The van der Waals surface area contributed by atoms with Crippen molar-refractivity contribution < 1.29 is 4.79 Å². The van der Waals surface area contributed by atoms with Gasteiger partial charge in [-0.2, -0.15) is 0 Å². The van der Waals surface area contributed by atoms with E-state index in [1.54, 1.807) is 29.8 Å². The van der Waals surface area contributed by atoms with Gasteiger partial charge in [-0.1, -0.05) is 35.3 Å². The number of ketones is 1. The number of halogens is 2. The molecule has 1 aliphatic heterocycles. The van der Waals surface area contributed by atoms with Crippen molar-refractivity contribution in [2.75, 3.05) is 5.32 Å². The van der Waals surface area contributed by atoms with Crippen LogP contribution in [0.4, 0.5) is 5.69 Å². The first-order valence-electron chi connectivity index (χ1n) is 6.89. The quantitative estimate of drug-likeness (QED) is 0.742. The molecule has 2 N–H and O–H groups in total. The lowest BCUT2D eigenvalue weighted by Crippen LogP contribution is -2.31. The van der Waals surface area contributed by atoms with E-state index in [1.165, 1.54) is 11.8 Å². The molecule has 0 bridgehead atoms. The van der Waals surface area contributed by atoms with Crippen LogP contribution in [0.25, 0.3) is 0 Å².